The van der Waals surface area contributed by atoms with Crippen LogP contribution in [0.4, 0.5) is 5.95 Å². The first-order valence-electron chi connectivity index (χ1n) is 8.30. The number of nitrogens with one attached hydrogen (secondary N) is 1. The topological polar surface area (TPSA) is 67.2 Å². The minimum Gasteiger partial charge on any atom is -0.346 e. The summed E-state index contributed by atoms with van der Waals surface area (Å²) in [6.45, 7) is 6.86. The molecule has 128 valence electrons. The van der Waals surface area contributed by atoms with Crippen LogP contribution in [0.2, 0.25) is 0 Å². The molecule has 3 rings (SSSR count). The summed E-state index contributed by atoms with van der Waals surface area (Å²) in [6, 6.07) is 7.84. The van der Waals surface area contributed by atoms with Crippen molar-refractivity contribution in [2.75, 3.05) is 18.9 Å². The van der Waals surface area contributed by atoms with Crippen LogP contribution in [-0.2, 0) is 15.1 Å². The molecular weight excluding hydrogens is 304 g/mol. The molecule has 1 aliphatic rings. The fraction of sp³-hybridized carbons (Fsp3) is 0.500. The number of amides is 2. The number of hydrogen-bond acceptors (Lipinski definition) is 3. The van der Waals surface area contributed by atoms with E-state index in [1.54, 1.807) is 11.9 Å². The molecule has 2 heterocycles. The Labute approximate surface area is 141 Å². The number of carbonyl (C=O) groups excluding carboxylic acids is 2. The highest BCUT2D eigenvalue weighted by Crippen LogP contribution is 2.29. The second kappa shape index (κ2) is 5.92. The monoisotopic (exact) mass is 328 g/mol. The van der Waals surface area contributed by atoms with Crippen LogP contribution in [0.25, 0.3) is 11.0 Å². The molecule has 0 bridgehead atoms. The Morgan fingerprint density at radius 1 is 1.29 bits per heavy atom. The molecular formula is C18H24N4O2. The number of benzene rings is 1. The number of likely N-dealkylation sites (tertiary alicyclic amines) is 1. The van der Waals surface area contributed by atoms with E-state index in [1.165, 1.54) is 0 Å². The van der Waals surface area contributed by atoms with Crippen molar-refractivity contribution in [3.05, 3.63) is 24.3 Å². The number of hydrogen-bond donors (Lipinski definition) is 1. The van der Waals surface area contributed by atoms with Gasteiger partial charge in [-0.2, -0.15) is 0 Å². The normalized spacial score (nSPS) is 18.9. The number of carbonyl (C=O) groups is 2. The predicted molar refractivity (Wildman–Crippen MR) is 93.7 cm³/mol. The number of para-hydroxylation sites is 2. The quantitative estimate of drug-likeness (QED) is 0.921. The summed E-state index contributed by atoms with van der Waals surface area (Å²) in [5.41, 5.74) is 1.61. The first-order valence-corrected chi connectivity index (χ1v) is 8.30. The van der Waals surface area contributed by atoms with Gasteiger partial charge in [0.2, 0.25) is 17.8 Å². The van der Waals surface area contributed by atoms with E-state index in [-0.39, 0.29) is 29.7 Å². The first-order chi connectivity index (χ1) is 11.3. The van der Waals surface area contributed by atoms with Crippen LogP contribution in [0.3, 0.4) is 0 Å². The van der Waals surface area contributed by atoms with Crippen molar-refractivity contribution >= 4 is 28.8 Å². The Morgan fingerprint density at radius 2 is 2.00 bits per heavy atom. The maximum Gasteiger partial charge on any atom is 0.230 e. The second-order valence-electron chi connectivity index (χ2n) is 7.42. The maximum absolute atomic E-state index is 12.6. The van der Waals surface area contributed by atoms with Crippen LogP contribution in [0.1, 0.15) is 33.6 Å². The Morgan fingerprint density at radius 3 is 2.67 bits per heavy atom. The lowest BCUT2D eigenvalue weighted by atomic mass is 9.96. The van der Waals surface area contributed by atoms with Gasteiger partial charge in [-0.25, -0.2) is 4.98 Å². The average molecular weight is 328 g/mol. The Bertz CT molecular complexity index is 788. The molecule has 24 heavy (non-hydrogen) atoms. The van der Waals surface area contributed by atoms with E-state index in [4.69, 9.17) is 0 Å². The summed E-state index contributed by atoms with van der Waals surface area (Å²) in [7, 11) is 1.77. The van der Waals surface area contributed by atoms with Crippen molar-refractivity contribution < 1.29 is 9.59 Å². The molecule has 0 aliphatic carbocycles. The lowest BCUT2D eigenvalue weighted by Gasteiger charge is -2.29. The van der Waals surface area contributed by atoms with Gasteiger partial charge in [0.25, 0.3) is 0 Å². The second-order valence-corrected chi connectivity index (χ2v) is 7.42. The number of nitrogens with zero attached hydrogens (tertiary/aromatic N) is 3. The van der Waals surface area contributed by atoms with E-state index in [1.807, 2.05) is 28.8 Å². The molecule has 1 aromatic heterocycles. The SMILES string of the molecule is CN1CC[C@@H](C(=O)Nc2nc3ccccc3n2C(C)(C)C)CC1=O. The van der Waals surface area contributed by atoms with Gasteiger partial charge in [0.15, 0.2) is 0 Å². The van der Waals surface area contributed by atoms with E-state index < -0.39 is 0 Å². The van der Waals surface area contributed by atoms with Crippen LogP contribution >= 0.6 is 0 Å². The summed E-state index contributed by atoms with van der Waals surface area (Å²) in [5.74, 6) is 0.144. The standard InChI is InChI=1S/C18H24N4O2/c1-18(2,3)22-14-8-6-5-7-13(14)19-17(22)20-16(24)12-9-10-21(4)15(23)11-12/h5-8,12H,9-11H2,1-4H3,(H,19,20,24)/t12-/m1/s1. The Hall–Kier alpha value is -2.37. The molecule has 6 heteroatoms. The molecule has 2 amide bonds. The molecule has 1 atom stereocenters. The predicted octanol–water partition coefficient (Wildman–Crippen LogP) is 2.60. The fourth-order valence-corrected chi connectivity index (χ4v) is 3.17. The van der Waals surface area contributed by atoms with Gasteiger partial charge in [-0.05, 0) is 39.3 Å². The van der Waals surface area contributed by atoms with E-state index in [0.717, 1.165) is 11.0 Å². The van der Waals surface area contributed by atoms with E-state index in [2.05, 4.69) is 31.1 Å². The van der Waals surface area contributed by atoms with Crippen molar-refractivity contribution in [1.82, 2.24) is 14.5 Å². The molecule has 0 radical (unpaired) electrons. The third-order valence-corrected chi connectivity index (χ3v) is 4.50. The number of imidazole rings is 1. The van der Waals surface area contributed by atoms with E-state index in [9.17, 15) is 9.59 Å². The van der Waals surface area contributed by atoms with Gasteiger partial charge >= 0.3 is 0 Å². The first kappa shape index (κ1) is 16.5. The Kier molecular flexibility index (Phi) is 4.07. The highest BCUT2D eigenvalue weighted by atomic mass is 16.2. The zero-order valence-corrected chi connectivity index (χ0v) is 14.7. The van der Waals surface area contributed by atoms with Gasteiger partial charge in [-0.3, -0.25) is 14.9 Å². The smallest absolute Gasteiger partial charge is 0.230 e. The molecule has 1 aliphatic heterocycles. The van der Waals surface area contributed by atoms with Gasteiger partial charge in [0.1, 0.15) is 0 Å². The van der Waals surface area contributed by atoms with Gasteiger partial charge in [-0.1, -0.05) is 12.1 Å². The van der Waals surface area contributed by atoms with Gasteiger partial charge < -0.3 is 9.47 Å². The molecule has 0 saturated carbocycles. The van der Waals surface area contributed by atoms with Crippen molar-refractivity contribution in [3.8, 4) is 0 Å². The third kappa shape index (κ3) is 3.00. The third-order valence-electron chi connectivity index (χ3n) is 4.50. The zero-order chi connectivity index (χ0) is 17.5. The van der Waals surface area contributed by atoms with Crippen molar-refractivity contribution in [3.63, 3.8) is 0 Å². The Balaban J connectivity index is 1.90. The lowest BCUT2D eigenvalue weighted by molar-refractivity contribution is -0.137. The molecule has 2 aromatic rings. The number of piperidine rings is 1. The molecule has 0 spiro atoms. The minimum absolute atomic E-state index is 0.0192. The minimum atomic E-state index is -0.290. The van der Waals surface area contributed by atoms with Gasteiger partial charge in [-0.15, -0.1) is 0 Å². The van der Waals surface area contributed by atoms with Crippen molar-refractivity contribution in [1.29, 1.82) is 0 Å². The highest BCUT2D eigenvalue weighted by molar-refractivity contribution is 5.96. The molecule has 1 aromatic carbocycles. The van der Waals surface area contributed by atoms with Crippen LogP contribution in [0, 0.1) is 5.92 Å². The average Bonchev–Trinajstić information content (AvgIpc) is 2.87. The molecule has 6 nitrogen and oxygen atoms in total. The molecule has 1 fully saturated rings. The van der Waals surface area contributed by atoms with Crippen LogP contribution < -0.4 is 5.32 Å². The van der Waals surface area contributed by atoms with Crippen LogP contribution in [0.5, 0.6) is 0 Å². The number of fused-ring (bicyclic) bond motifs is 1. The highest BCUT2D eigenvalue weighted by Gasteiger charge is 2.30. The van der Waals surface area contributed by atoms with Crippen molar-refractivity contribution in [2.24, 2.45) is 5.92 Å². The summed E-state index contributed by atoms with van der Waals surface area (Å²) in [5, 5.41) is 2.95. The number of aromatic nitrogens is 2. The fourth-order valence-electron chi connectivity index (χ4n) is 3.17. The van der Waals surface area contributed by atoms with Gasteiger partial charge in [0.05, 0.1) is 11.0 Å². The van der Waals surface area contributed by atoms with Crippen molar-refractivity contribution in [2.45, 2.75) is 39.2 Å². The molecule has 1 saturated heterocycles. The largest absolute Gasteiger partial charge is 0.346 e. The van der Waals surface area contributed by atoms with E-state index >= 15 is 0 Å². The summed E-state index contributed by atoms with van der Waals surface area (Å²) in [4.78, 5) is 30.8. The number of anilines is 1. The molecule has 1 N–H and O–H groups in total. The van der Waals surface area contributed by atoms with Crippen LogP contribution in [0.15, 0.2) is 24.3 Å². The zero-order valence-electron chi connectivity index (χ0n) is 14.7. The number of rotatable bonds is 2. The van der Waals surface area contributed by atoms with Crippen LogP contribution in [-0.4, -0.2) is 39.9 Å². The lowest BCUT2D eigenvalue weighted by Crippen LogP contribution is -2.40. The summed E-state index contributed by atoms with van der Waals surface area (Å²) >= 11 is 0. The van der Waals surface area contributed by atoms with Gasteiger partial charge in [0, 0.05) is 31.5 Å². The summed E-state index contributed by atoms with van der Waals surface area (Å²) < 4.78 is 2.04. The summed E-state index contributed by atoms with van der Waals surface area (Å²) in [6.07, 6.45) is 0.946. The maximum atomic E-state index is 12.6. The molecule has 0 unspecified atom stereocenters. The van der Waals surface area contributed by atoms with E-state index in [0.29, 0.717) is 18.9 Å².